The lowest BCUT2D eigenvalue weighted by molar-refractivity contribution is -0.136. The van der Waals surface area contributed by atoms with Gasteiger partial charge in [-0.15, -0.1) is 0 Å². The van der Waals surface area contributed by atoms with Gasteiger partial charge in [0.1, 0.15) is 23.1 Å². The minimum absolute atomic E-state index is 0.0673. The number of benzene rings is 7. The number of halogens is 4. The molecule has 4 atom stereocenters. The third kappa shape index (κ3) is 11.7. The van der Waals surface area contributed by atoms with Crippen LogP contribution in [-0.4, -0.2) is 56.5 Å². The predicted octanol–water partition coefficient (Wildman–Crippen LogP) is 12.4. The van der Waals surface area contributed by atoms with E-state index in [0.717, 1.165) is 50.2 Å². The molecule has 0 spiro atoms. The summed E-state index contributed by atoms with van der Waals surface area (Å²) in [5.41, 5.74) is 6.83. The number of phenols is 1. The Labute approximate surface area is 418 Å². The largest absolute Gasteiger partial charge is 0.508 e. The smallest absolute Gasteiger partial charge is 0.305 e. The van der Waals surface area contributed by atoms with E-state index < -0.39 is 12.1 Å². The first kappa shape index (κ1) is 49.8. The number of hydrogen-bond donors (Lipinski definition) is 4. The lowest BCUT2D eigenvalue weighted by Crippen LogP contribution is -2.55. The van der Waals surface area contributed by atoms with Crippen LogP contribution in [0.25, 0.3) is 33.3 Å². The number of nitrogens with one attached hydrogen (secondary N) is 1. The Hall–Kier alpha value is -7.58. The molecule has 7 aromatic carbocycles. The van der Waals surface area contributed by atoms with E-state index in [2.05, 4.69) is 23.5 Å². The van der Waals surface area contributed by atoms with Crippen LogP contribution >= 0.6 is 23.2 Å². The Morgan fingerprint density at radius 3 is 2.03 bits per heavy atom. The second kappa shape index (κ2) is 22.0. The Bertz CT molecular complexity index is 3170. The van der Waals surface area contributed by atoms with E-state index in [9.17, 15) is 33.4 Å². The first-order valence-electron chi connectivity index (χ1n) is 22.7. The summed E-state index contributed by atoms with van der Waals surface area (Å²) in [6.07, 6.45) is -0.168. The van der Waals surface area contributed by atoms with Crippen LogP contribution in [-0.2, 0) is 9.59 Å². The number of rotatable bonds is 15. The van der Waals surface area contributed by atoms with Crippen LogP contribution < -0.4 is 15.0 Å². The van der Waals surface area contributed by atoms with Gasteiger partial charge in [0.2, 0.25) is 5.91 Å². The van der Waals surface area contributed by atoms with Gasteiger partial charge in [-0.3, -0.25) is 19.1 Å². The molecule has 2 amide bonds. The monoisotopic (exact) mass is 996 g/mol. The molecule has 0 unspecified atom stereocenters. The number of aromatic hydroxyl groups is 1. The van der Waals surface area contributed by atoms with Crippen molar-refractivity contribution >= 4 is 57.4 Å². The number of carbonyl (C=O) groups is 3. The molecule has 362 valence electrons. The minimum atomic E-state index is -0.963. The summed E-state index contributed by atoms with van der Waals surface area (Å²) >= 11 is 12.6. The number of β-lactam (4-membered cyclic amide) rings is 1. The number of fused-ring (bicyclic) bond motifs is 1. The standard InChI is InChI=1S/C32H27Cl2N3O4.C24H21F2NO3/c1-19(20-3-5-21(6-4-20)32(40)35-12-11-31(38)39)37-30(18-29(36-37)25-14-26(33)17-27(34)15-25)24-8-7-23-16-28(41-2)10-9-22(23)13-24;25-17-5-1-15(2-6-17)22(29)14-13-21-23(16-3-11-20(28)12-4-16)27(24(21)30)19-9-7-18(26)8-10-19/h3-10,13-19H,11-12H2,1-2H3,(H,35,40)(H,38,39);1-12,21-23,28-29H,13-14H2/t19-;21-,22+,23-/m01/s1. The Balaban J connectivity index is 0.000000200. The molecular weight excluding hydrogens is 950 g/mol. The summed E-state index contributed by atoms with van der Waals surface area (Å²) in [6.45, 7) is 2.11. The van der Waals surface area contributed by atoms with E-state index in [1.165, 1.54) is 36.4 Å². The average Bonchev–Trinajstić information content (AvgIpc) is 3.82. The van der Waals surface area contributed by atoms with Crippen LogP contribution in [0, 0.1) is 17.6 Å². The minimum Gasteiger partial charge on any atom is -0.508 e. The van der Waals surface area contributed by atoms with Crippen molar-refractivity contribution < 1.29 is 43.2 Å². The highest BCUT2D eigenvalue weighted by Crippen LogP contribution is 2.46. The van der Waals surface area contributed by atoms with Crippen molar-refractivity contribution in [1.82, 2.24) is 15.1 Å². The second-order valence-electron chi connectivity index (χ2n) is 17.1. The quantitative estimate of drug-likeness (QED) is 0.0740. The zero-order chi connectivity index (χ0) is 50.3. The SMILES string of the molecule is COc1ccc2cc(-c3cc(-c4cc(Cl)cc(Cl)c4)nn3[C@@H](C)c3ccc(C(=O)NCCC(=O)O)cc3)ccc2c1.O=C1[C@H](CC[C@H](O)c2ccc(F)cc2)[C@@H](c2ccc(O)cc2)N1c1ccc(F)cc1. The fourth-order valence-electron chi connectivity index (χ4n) is 8.66. The van der Waals surface area contributed by atoms with Crippen molar-refractivity contribution in [3.63, 3.8) is 0 Å². The molecule has 0 radical (unpaired) electrons. The molecule has 2 heterocycles. The number of carboxylic acids is 1. The van der Waals surface area contributed by atoms with E-state index in [-0.39, 0.29) is 60.2 Å². The van der Waals surface area contributed by atoms with Crippen LogP contribution in [0.2, 0.25) is 10.0 Å². The number of aromatic nitrogens is 2. The van der Waals surface area contributed by atoms with Crippen LogP contribution in [0.1, 0.15) is 71.4 Å². The van der Waals surface area contributed by atoms with Crippen molar-refractivity contribution in [1.29, 1.82) is 0 Å². The molecule has 4 N–H and O–H groups in total. The number of ether oxygens (including phenoxy) is 1. The first-order chi connectivity index (χ1) is 34.1. The Morgan fingerprint density at radius 1 is 0.761 bits per heavy atom. The molecule has 0 aliphatic carbocycles. The van der Waals surface area contributed by atoms with Gasteiger partial charge in [0.05, 0.1) is 49.0 Å². The molecule has 0 bridgehead atoms. The number of carboxylic acid groups (broad SMARTS) is 1. The zero-order valence-electron chi connectivity index (χ0n) is 38.5. The normalized spacial score (nSPS) is 15.0. The molecule has 0 saturated carbocycles. The first-order valence-corrected chi connectivity index (χ1v) is 23.5. The molecule has 1 aliphatic rings. The lowest BCUT2D eigenvalue weighted by atomic mass is 9.78. The molecule has 1 aliphatic heterocycles. The van der Waals surface area contributed by atoms with E-state index in [1.54, 1.807) is 66.6 Å². The number of anilines is 1. The second-order valence-corrected chi connectivity index (χ2v) is 18.0. The van der Waals surface area contributed by atoms with Crippen molar-refractivity contribution in [3.8, 4) is 34.0 Å². The topological polar surface area (TPSA) is 154 Å². The van der Waals surface area contributed by atoms with Gasteiger partial charge in [-0.05, 0) is 150 Å². The molecule has 1 fully saturated rings. The molecule has 11 nitrogen and oxygen atoms in total. The number of methoxy groups -OCH3 is 1. The highest BCUT2D eigenvalue weighted by molar-refractivity contribution is 6.35. The van der Waals surface area contributed by atoms with E-state index in [4.69, 9.17) is 38.1 Å². The van der Waals surface area contributed by atoms with Crippen molar-refractivity contribution in [3.05, 3.63) is 202 Å². The lowest BCUT2D eigenvalue weighted by Gasteiger charge is -2.48. The van der Waals surface area contributed by atoms with Crippen molar-refractivity contribution in [2.24, 2.45) is 5.92 Å². The fourth-order valence-corrected chi connectivity index (χ4v) is 9.18. The predicted molar refractivity (Wildman–Crippen MR) is 271 cm³/mol. The van der Waals surface area contributed by atoms with E-state index in [1.807, 2.05) is 60.1 Å². The van der Waals surface area contributed by atoms with E-state index in [0.29, 0.717) is 39.7 Å². The summed E-state index contributed by atoms with van der Waals surface area (Å²) in [6, 6.07) is 44.3. The number of aliphatic hydroxyl groups excluding tert-OH is 1. The summed E-state index contributed by atoms with van der Waals surface area (Å²) in [5, 5.41) is 39.6. The third-order valence-electron chi connectivity index (χ3n) is 12.4. The van der Waals surface area contributed by atoms with Crippen LogP contribution in [0.5, 0.6) is 11.5 Å². The zero-order valence-corrected chi connectivity index (χ0v) is 40.0. The van der Waals surface area contributed by atoms with Crippen LogP contribution in [0.3, 0.4) is 0 Å². The number of nitrogens with zero attached hydrogens (tertiary/aromatic N) is 3. The van der Waals surface area contributed by atoms with Crippen molar-refractivity contribution in [2.45, 2.75) is 44.4 Å². The number of aliphatic carboxylic acids is 1. The van der Waals surface area contributed by atoms with Gasteiger partial charge in [0.25, 0.3) is 5.91 Å². The number of hydrogen-bond acceptors (Lipinski definition) is 7. The number of carbonyl (C=O) groups excluding carboxylic acids is 2. The molecule has 71 heavy (non-hydrogen) atoms. The van der Waals surface area contributed by atoms with Crippen molar-refractivity contribution in [2.75, 3.05) is 18.6 Å². The highest BCUT2D eigenvalue weighted by atomic mass is 35.5. The van der Waals surface area contributed by atoms with E-state index >= 15 is 0 Å². The molecular formula is C56H48Cl2F2N4O7. The molecule has 9 rings (SSSR count). The van der Waals surface area contributed by atoms with Crippen LogP contribution in [0.4, 0.5) is 14.5 Å². The molecule has 1 saturated heterocycles. The molecule has 8 aromatic rings. The Kier molecular flexibility index (Phi) is 15.5. The van der Waals surface area contributed by atoms with Gasteiger partial charge in [0, 0.05) is 39.0 Å². The van der Waals surface area contributed by atoms with Crippen LogP contribution in [0.15, 0.2) is 158 Å². The third-order valence-corrected chi connectivity index (χ3v) is 12.9. The summed E-state index contributed by atoms with van der Waals surface area (Å²) < 4.78 is 33.8. The van der Waals surface area contributed by atoms with Gasteiger partial charge in [-0.2, -0.15) is 5.10 Å². The van der Waals surface area contributed by atoms with Gasteiger partial charge in [0.15, 0.2) is 0 Å². The fraction of sp³-hybridized carbons (Fsp3) is 0.179. The van der Waals surface area contributed by atoms with Gasteiger partial charge in [-0.1, -0.05) is 77.8 Å². The number of phenolic OH excluding ortho intramolecular Hbond substituents is 1. The summed E-state index contributed by atoms with van der Waals surface area (Å²) in [4.78, 5) is 37.7. The maximum atomic E-state index is 13.3. The maximum absolute atomic E-state index is 13.3. The Morgan fingerprint density at radius 2 is 1.38 bits per heavy atom. The summed E-state index contributed by atoms with van der Waals surface area (Å²) in [7, 11) is 1.65. The molecule has 15 heteroatoms. The van der Waals surface area contributed by atoms with Gasteiger partial charge < -0.3 is 30.3 Å². The summed E-state index contributed by atoms with van der Waals surface area (Å²) in [5.74, 6) is -1.59. The van der Waals surface area contributed by atoms with Gasteiger partial charge >= 0.3 is 5.97 Å². The highest BCUT2D eigenvalue weighted by Gasteiger charge is 2.48. The maximum Gasteiger partial charge on any atom is 0.305 e. The average molecular weight is 998 g/mol. The number of aliphatic hydroxyl groups is 1. The molecule has 1 aromatic heterocycles. The number of amides is 2. The van der Waals surface area contributed by atoms with Gasteiger partial charge in [-0.25, -0.2) is 8.78 Å².